The van der Waals surface area contributed by atoms with Crippen LogP contribution >= 0.6 is 23.2 Å². The van der Waals surface area contributed by atoms with Crippen molar-refractivity contribution in [1.29, 1.82) is 0 Å². The van der Waals surface area contributed by atoms with Gasteiger partial charge in [0.1, 0.15) is 5.75 Å². The molecule has 0 amide bonds. The van der Waals surface area contributed by atoms with Crippen molar-refractivity contribution in [3.8, 4) is 5.75 Å². The fraction of sp³-hybridized carbons (Fsp3) is 0.143. The summed E-state index contributed by atoms with van der Waals surface area (Å²) in [6.07, 6.45) is -0.910. The van der Waals surface area contributed by atoms with E-state index in [0.717, 1.165) is 0 Å². The van der Waals surface area contributed by atoms with Crippen LogP contribution in [0.4, 0.5) is 5.69 Å². The summed E-state index contributed by atoms with van der Waals surface area (Å²) >= 11 is 11.9. The summed E-state index contributed by atoms with van der Waals surface area (Å²) in [7, 11) is -3.76. The van der Waals surface area contributed by atoms with Gasteiger partial charge < -0.3 is 15.5 Å². The van der Waals surface area contributed by atoms with E-state index in [9.17, 15) is 18.6 Å². The van der Waals surface area contributed by atoms with Crippen molar-refractivity contribution in [2.45, 2.75) is 29.4 Å². The van der Waals surface area contributed by atoms with E-state index in [2.05, 4.69) is 5.32 Å². The Morgan fingerprint density at radius 3 is 2.31 bits per heavy atom. The number of anilines is 1. The number of phenolic OH excluding ortho intramolecular Hbond substituents is 1. The maximum absolute atomic E-state index is 13.1. The molecular formula is C21H19Cl2NO4S. The summed E-state index contributed by atoms with van der Waals surface area (Å²) in [5.41, 5.74) is 1.09. The van der Waals surface area contributed by atoms with E-state index in [4.69, 9.17) is 23.2 Å². The van der Waals surface area contributed by atoms with Gasteiger partial charge in [0, 0.05) is 22.2 Å². The Morgan fingerprint density at radius 2 is 1.66 bits per heavy atom. The highest BCUT2D eigenvalue weighted by atomic mass is 35.5. The van der Waals surface area contributed by atoms with Crippen LogP contribution in [-0.4, -0.2) is 18.6 Å². The lowest BCUT2D eigenvalue weighted by atomic mass is 10.1. The first-order valence-electron chi connectivity index (χ1n) is 8.73. The molecule has 0 aliphatic heterocycles. The van der Waals surface area contributed by atoms with Crippen molar-refractivity contribution < 1.29 is 18.6 Å². The highest BCUT2D eigenvalue weighted by molar-refractivity contribution is 7.91. The average Bonchev–Trinajstić information content (AvgIpc) is 2.68. The average molecular weight is 452 g/mol. The fourth-order valence-corrected chi connectivity index (χ4v) is 4.76. The van der Waals surface area contributed by atoms with Gasteiger partial charge in [-0.25, -0.2) is 8.42 Å². The summed E-state index contributed by atoms with van der Waals surface area (Å²) in [6, 6.07) is 15.6. The van der Waals surface area contributed by atoms with Crippen LogP contribution in [0, 0.1) is 0 Å². The number of aromatic hydroxyl groups is 1. The molecule has 152 valence electrons. The van der Waals surface area contributed by atoms with Crippen molar-refractivity contribution >= 4 is 38.7 Å². The van der Waals surface area contributed by atoms with Gasteiger partial charge in [-0.05, 0) is 55.0 Å². The van der Waals surface area contributed by atoms with Gasteiger partial charge >= 0.3 is 0 Å². The molecule has 1 unspecified atom stereocenters. The molecule has 0 aliphatic rings. The third-order valence-electron chi connectivity index (χ3n) is 4.41. The largest absolute Gasteiger partial charge is 0.505 e. The lowest BCUT2D eigenvalue weighted by Gasteiger charge is -2.16. The predicted molar refractivity (Wildman–Crippen MR) is 114 cm³/mol. The van der Waals surface area contributed by atoms with Gasteiger partial charge in [0.15, 0.2) is 0 Å². The first-order valence-corrected chi connectivity index (χ1v) is 11.0. The van der Waals surface area contributed by atoms with Crippen molar-refractivity contribution in [2.75, 3.05) is 5.32 Å². The first kappa shape index (κ1) is 21.5. The van der Waals surface area contributed by atoms with Gasteiger partial charge in [0.25, 0.3) is 0 Å². The molecule has 1 atom stereocenters. The van der Waals surface area contributed by atoms with Crippen LogP contribution in [0.3, 0.4) is 0 Å². The lowest BCUT2D eigenvalue weighted by molar-refractivity contribution is 0.195. The van der Waals surface area contributed by atoms with Gasteiger partial charge in [-0.2, -0.15) is 0 Å². The van der Waals surface area contributed by atoms with Crippen molar-refractivity contribution in [3.05, 3.63) is 81.8 Å². The third kappa shape index (κ3) is 4.67. The molecule has 3 aromatic rings. The van der Waals surface area contributed by atoms with Crippen LogP contribution in [0.5, 0.6) is 5.75 Å². The standard InChI is InChI=1S/C21H19Cl2NO4S/c1-13(25)18-10-16(23)11-19(21(18)26)24-12-14-4-2-3-5-20(14)29(27,28)17-8-6-15(22)7-9-17/h2-11,13,24-26H,12H2,1H3. The molecular weight excluding hydrogens is 433 g/mol. The normalized spacial score (nSPS) is 12.6. The summed E-state index contributed by atoms with van der Waals surface area (Å²) in [4.78, 5) is 0.281. The Balaban J connectivity index is 1.94. The number of halogens is 2. The Kier molecular flexibility index (Phi) is 6.39. The molecule has 3 rings (SSSR count). The summed E-state index contributed by atoms with van der Waals surface area (Å²) in [6.45, 7) is 1.64. The number of hydrogen-bond donors (Lipinski definition) is 3. The zero-order valence-electron chi connectivity index (χ0n) is 15.4. The van der Waals surface area contributed by atoms with E-state index < -0.39 is 15.9 Å². The molecule has 3 aromatic carbocycles. The molecule has 0 saturated carbocycles. The number of sulfone groups is 1. The van der Waals surface area contributed by atoms with Gasteiger partial charge in [0.05, 0.1) is 21.6 Å². The van der Waals surface area contributed by atoms with Crippen LogP contribution < -0.4 is 5.32 Å². The number of hydrogen-bond acceptors (Lipinski definition) is 5. The van der Waals surface area contributed by atoms with Crippen molar-refractivity contribution in [2.24, 2.45) is 0 Å². The lowest BCUT2D eigenvalue weighted by Crippen LogP contribution is -2.09. The first-order chi connectivity index (χ1) is 13.7. The monoisotopic (exact) mass is 451 g/mol. The topological polar surface area (TPSA) is 86.6 Å². The van der Waals surface area contributed by atoms with E-state index in [1.54, 1.807) is 18.2 Å². The molecule has 29 heavy (non-hydrogen) atoms. The summed E-state index contributed by atoms with van der Waals surface area (Å²) < 4.78 is 26.1. The van der Waals surface area contributed by atoms with Crippen LogP contribution in [0.25, 0.3) is 0 Å². The minimum absolute atomic E-state index is 0.121. The van der Waals surface area contributed by atoms with E-state index in [1.165, 1.54) is 49.4 Å². The maximum atomic E-state index is 13.1. The second-order valence-corrected chi connectivity index (χ2v) is 9.28. The van der Waals surface area contributed by atoms with E-state index >= 15 is 0 Å². The van der Waals surface area contributed by atoms with Crippen LogP contribution in [0.15, 0.2) is 70.5 Å². The van der Waals surface area contributed by atoms with Crippen LogP contribution in [0.2, 0.25) is 10.0 Å². The van der Waals surface area contributed by atoms with Gasteiger partial charge in [0.2, 0.25) is 9.84 Å². The summed E-state index contributed by atoms with van der Waals surface area (Å²) in [5.74, 6) is -0.137. The van der Waals surface area contributed by atoms with E-state index in [0.29, 0.717) is 21.3 Å². The fourth-order valence-electron chi connectivity index (χ4n) is 2.92. The van der Waals surface area contributed by atoms with Gasteiger partial charge in [-0.1, -0.05) is 41.4 Å². The molecule has 0 radical (unpaired) electrons. The maximum Gasteiger partial charge on any atom is 0.206 e. The number of rotatable bonds is 6. The Bertz CT molecular complexity index is 1130. The molecule has 0 aromatic heterocycles. The Labute approximate surface area is 179 Å². The van der Waals surface area contributed by atoms with Crippen LogP contribution in [-0.2, 0) is 16.4 Å². The molecule has 3 N–H and O–H groups in total. The van der Waals surface area contributed by atoms with Gasteiger partial charge in [-0.3, -0.25) is 0 Å². The number of nitrogens with one attached hydrogen (secondary N) is 1. The Morgan fingerprint density at radius 1 is 1.00 bits per heavy atom. The molecule has 0 fully saturated rings. The third-order valence-corrected chi connectivity index (χ3v) is 6.75. The van der Waals surface area contributed by atoms with E-state index in [1.807, 2.05) is 0 Å². The highest BCUT2D eigenvalue weighted by Crippen LogP contribution is 2.36. The molecule has 0 aliphatic carbocycles. The molecule has 0 bridgehead atoms. The smallest absolute Gasteiger partial charge is 0.206 e. The molecule has 0 spiro atoms. The molecule has 0 heterocycles. The number of phenols is 1. The SMILES string of the molecule is CC(O)c1cc(Cl)cc(NCc2ccccc2S(=O)(=O)c2ccc(Cl)cc2)c1O. The van der Waals surface area contributed by atoms with Crippen molar-refractivity contribution in [3.63, 3.8) is 0 Å². The molecule has 5 nitrogen and oxygen atoms in total. The molecule has 0 saturated heterocycles. The zero-order valence-corrected chi connectivity index (χ0v) is 17.8. The number of aliphatic hydroxyl groups is 1. The quantitative estimate of drug-likeness (QED) is 0.448. The number of aliphatic hydroxyl groups excluding tert-OH is 1. The molecule has 8 heteroatoms. The minimum Gasteiger partial charge on any atom is -0.505 e. The number of benzene rings is 3. The van der Waals surface area contributed by atoms with Gasteiger partial charge in [-0.15, -0.1) is 0 Å². The second-order valence-electron chi connectivity index (χ2n) is 6.49. The minimum atomic E-state index is -3.76. The predicted octanol–water partition coefficient (Wildman–Crippen LogP) is 5.20. The Hall–Kier alpha value is -2.25. The highest BCUT2D eigenvalue weighted by Gasteiger charge is 2.21. The summed E-state index contributed by atoms with van der Waals surface area (Å²) in [5, 5.41) is 24.0. The second kappa shape index (κ2) is 8.63. The zero-order chi connectivity index (χ0) is 21.2. The van der Waals surface area contributed by atoms with E-state index in [-0.39, 0.29) is 27.6 Å². The van der Waals surface area contributed by atoms with Crippen molar-refractivity contribution in [1.82, 2.24) is 0 Å². The van der Waals surface area contributed by atoms with Crippen LogP contribution in [0.1, 0.15) is 24.2 Å².